The zero-order valence-corrected chi connectivity index (χ0v) is 18.0. The predicted molar refractivity (Wildman–Crippen MR) is 115 cm³/mol. The highest BCUT2D eigenvalue weighted by Crippen LogP contribution is 2.13. The highest BCUT2D eigenvalue weighted by Gasteiger charge is 2.05. The van der Waals surface area contributed by atoms with Gasteiger partial charge in [-0.3, -0.25) is 0 Å². The molecule has 1 heterocycles. The molecule has 0 aliphatic heterocycles. The van der Waals surface area contributed by atoms with Gasteiger partial charge in [0.15, 0.2) is 5.96 Å². The van der Waals surface area contributed by atoms with E-state index in [2.05, 4.69) is 27.5 Å². The average Bonchev–Trinajstić information content (AvgIpc) is 3.08. The van der Waals surface area contributed by atoms with E-state index in [0.717, 1.165) is 24.4 Å². The Balaban J connectivity index is 0.00000338. The van der Waals surface area contributed by atoms with Crippen molar-refractivity contribution >= 4 is 41.3 Å². The van der Waals surface area contributed by atoms with E-state index in [1.807, 2.05) is 19.2 Å². The summed E-state index contributed by atoms with van der Waals surface area (Å²) in [6.45, 7) is 5.74. The summed E-state index contributed by atoms with van der Waals surface area (Å²) in [5.41, 5.74) is 0.772. The molecule has 0 saturated carbocycles. The summed E-state index contributed by atoms with van der Waals surface area (Å²) in [4.78, 5) is 10.1. The molecule has 26 heavy (non-hydrogen) atoms. The number of nitriles is 1. The van der Waals surface area contributed by atoms with Crippen LogP contribution in [0.3, 0.4) is 0 Å². The summed E-state index contributed by atoms with van der Waals surface area (Å²) < 4.78 is 13.9. The number of nitrogens with zero attached hydrogens (tertiary/aromatic N) is 3. The second-order valence-electron chi connectivity index (χ2n) is 5.36. The summed E-state index contributed by atoms with van der Waals surface area (Å²) in [6, 6.07) is 6.36. The van der Waals surface area contributed by atoms with E-state index < -0.39 is 5.82 Å². The number of rotatable bonds is 7. The van der Waals surface area contributed by atoms with E-state index >= 15 is 0 Å². The van der Waals surface area contributed by atoms with Gasteiger partial charge >= 0.3 is 0 Å². The monoisotopic (exact) mass is 487 g/mol. The predicted octanol–water partition coefficient (Wildman–Crippen LogP) is 3.63. The number of thiazole rings is 1. The van der Waals surface area contributed by atoms with Gasteiger partial charge in [-0.25, -0.2) is 14.4 Å². The number of hydrogen-bond donors (Lipinski definition) is 2. The molecule has 0 radical (unpaired) electrons. The number of aryl methyl sites for hydroxylation is 1. The van der Waals surface area contributed by atoms with Crippen molar-refractivity contribution in [2.75, 3.05) is 13.1 Å². The van der Waals surface area contributed by atoms with Gasteiger partial charge < -0.3 is 10.6 Å². The van der Waals surface area contributed by atoms with Crippen LogP contribution in [0, 0.1) is 17.1 Å². The quantitative estimate of drug-likeness (QED) is 0.356. The Morgan fingerprint density at radius 1 is 1.35 bits per heavy atom. The topological polar surface area (TPSA) is 73.1 Å². The van der Waals surface area contributed by atoms with Crippen LogP contribution in [-0.4, -0.2) is 24.0 Å². The molecule has 1 aromatic heterocycles. The van der Waals surface area contributed by atoms with Crippen LogP contribution in [0.25, 0.3) is 0 Å². The van der Waals surface area contributed by atoms with E-state index in [4.69, 9.17) is 5.26 Å². The molecule has 0 fully saturated rings. The highest BCUT2D eigenvalue weighted by molar-refractivity contribution is 14.0. The van der Waals surface area contributed by atoms with Crippen LogP contribution in [0.2, 0.25) is 0 Å². The summed E-state index contributed by atoms with van der Waals surface area (Å²) in [5.74, 6) is 0.229. The van der Waals surface area contributed by atoms with Gasteiger partial charge in [0.25, 0.3) is 0 Å². The molecule has 2 rings (SSSR count). The maximum Gasteiger partial charge on any atom is 0.191 e. The molecule has 140 valence electrons. The van der Waals surface area contributed by atoms with E-state index in [9.17, 15) is 4.39 Å². The lowest BCUT2D eigenvalue weighted by Crippen LogP contribution is -2.38. The first-order valence-electron chi connectivity index (χ1n) is 8.30. The van der Waals surface area contributed by atoms with Crippen LogP contribution in [0.4, 0.5) is 4.39 Å². The number of aliphatic imine (C=N–C) groups is 1. The van der Waals surface area contributed by atoms with Gasteiger partial charge in [0, 0.05) is 36.1 Å². The van der Waals surface area contributed by atoms with Gasteiger partial charge in [0.2, 0.25) is 0 Å². The van der Waals surface area contributed by atoms with Gasteiger partial charge in [-0.1, -0.05) is 13.0 Å². The Bertz CT molecular complexity index is 769. The van der Waals surface area contributed by atoms with E-state index in [-0.39, 0.29) is 30.5 Å². The maximum atomic E-state index is 13.9. The molecule has 0 atom stereocenters. The normalized spacial score (nSPS) is 10.8. The molecule has 2 aromatic rings. The van der Waals surface area contributed by atoms with Crippen LogP contribution in [-0.2, 0) is 19.4 Å². The Morgan fingerprint density at radius 2 is 2.15 bits per heavy atom. The van der Waals surface area contributed by atoms with Gasteiger partial charge in [-0.15, -0.1) is 35.3 Å². The third-order valence-corrected chi connectivity index (χ3v) is 4.72. The number of benzene rings is 1. The lowest BCUT2D eigenvalue weighted by molar-refractivity contribution is 0.609. The number of hydrogen-bond acceptors (Lipinski definition) is 4. The van der Waals surface area contributed by atoms with Gasteiger partial charge in [-0.2, -0.15) is 5.26 Å². The smallest absolute Gasteiger partial charge is 0.191 e. The molecular weight excluding hydrogens is 464 g/mol. The first-order chi connectivity index (χ1) is 12.2. The Hall–Kier alpha value is -1.73. The first-order valence-corrected chi connectivity index (χ1v) is 9.12. The molecule has 2 N–H and O–H groups in total. The average molecular weight is 487 g/mol. The van der Waals surface area contributed by atoms with Gasteiger partial charge in [0.05, 0.1) is 23.2 Å². The van der Waals surface area contributed by atoms with Gasteiger partial charge in [0.1, 0.15) is 5.82 Å². The maximum absolute atomic E-state index is 13.9. The van der Waals surface area contributed by atoms with Crippen LogP contribution < -0.4 is 10.6 Å². The van der Waals surface area contributed by atoms with Crippen molar-refractivity contribution in [2.45, 2.75) is 33.2 Å². The number of nitrogens with one attached hydrogen (secondary N) is 2. The molecule has 8 heteroatoms. The lowest BCUT2D eigenvalue weighted by atomic mass is 10.1. The van der Waals surface area contributed by atoms with Crippen molar-refractivity contribution in [3.8, 4) is 6.07 Å². The van der Waals surface area contributed by atoms with Crippen molar-refractivity contribution in [3.63, 3.8) is 0 Å². The summed E-state index contributed by atoms with van der Waals surface area (Å²) in [5, 5.41) is 16.3. The summed E-state index contributed by atoms with van der Waals surface area (Å²) in [6.07, 6.45) is 3.75. The van der Waals surface area contributed by atoms with Crippen molar-refractivity contribution in [3.05, 3.63) is 51.2 Å². The van der Waals surface area contributed by atoms with E-state index in [1.54, 1.807) is 23.5 Å². The molecule has 0 unspecified atom stereocenters. The minimum absolute atomic E-state index is 0. The Labute approximate surface area is 174 Å². The van der Waals surface area contributed by atoms with Crippen molar-refractivity contribution in [1.29, 1.82) is 5.26 Å². The number of guanidine groups is 1. The van der Waals surface area contributed by atoms with Crippen LogP contribution in [0.1, 0.15) is 34.9 Å². The van der Waals surface area contributed by atoms with Crippen molar-refractivity contribution in [2.24, 2.45) is 4.99 Å². The Kier molecular flexibility index (Phi) is 10.1. The zero-order chi connectivity index (χ0) is 18.1. The largest absolute Gasteiger partial charge is 0.357 e. The molecule has 0 amide bonds. The summed E-state index contributed by atoms with van der Waals surface area (Å²) in [7, 11) is 0. The molecule has 5 nitrogen and oxygen atoms in total. The second-order valence-corrected chi connectivity index (χ2v) is 6.56. The molecule has 1 aromatic carbocycles. The molecule has 0 spiro atoms. The van der Waals surface area contributed by atoms with Crippen LogP contribution in [0.15, 0.2) is 29.4 Å². The van der Waals surface area contributed by atoms with E-state index in [1.165, 1.54) is 10.9 Å². The van der Waals surface area contributed by atoms with Crippen LogP contribution in [0.5, 0.6) is 0 Å². The van der Waals surface area contributed by atoms with Gasteiger partial charge in [-0.05, 0) is 25.5 Å². The number of aromatic nitrogens is 1. The lowest BCUT2D eigenvalue weighted by Gasteiger charge is -2.11. The third kappa shape index (κ3) is 6.88. The number of halogens is 2. The minimum atomic E-state index is -0.409. The van der Waals surface area contributed by atoms with Crippen molar-refractivity contribution < 1.29 is 4.39 Å². The minimum Gasteiger partial charge on any atom is -0.357 e. The molecule has 0 aliphatic carbocycles. The fraction of sp³-hybridized carbons (Fsp3) is 0.389. The highest BCUT2D eigenvalue weighted by atomic mass is 127. The second kappa shape index (κ2) is 11.8. The molecular formula is C18H23FIN5S. The molecule has 0 bridgehead atoms. The summed E-state index contributed by atoms with van der Waals surface area (Å²) >= 11 is 1.73. The molecule has 0 saturated heterocycles. The van der Waals surface area contributed by atoms with E-state index in [0.29, 0.717) is 23.6 Å². The third-order valence-electron chi connectivity index (χ3n) is 3.52. The Morgan fingerprint density at radius 3 is 2.77 bits per heavy atom. The van der Waals surface area contributed by atoms with Crippen molar-refractivity contribution in [1.82, 2.24) is 15.6 Å². The molecule has 0 aliphatic rings. The van der Waals surface area contributed by atoms with Crippen LogP contribution >= 0.6 is 35.3 Å². The SMILES string of the molecule is CCNC(=NCc1ccc(C#N)cc1F)NCCc1ncc(CC)s1.I. The zero-order valence-electron chi connectivity index (χ0n) is 14.9. The fourth-order valence-corrected chi connectivity index (χ4v) is 3.03. The standard InChI is InChI=1S/C18H22FN5S.HI/c1-3-15-12-23-17(25-15)7-8-22-18(21-4-2)24-11-14-6-5-13(10-20)9-16(14)19;/h5-6,9,12H,3-4,7-8,11H2,1-2H3,(H2,21,22,24);1H. The fourth-order valence-electron chi connectivity index (χ4n) is 2.17. The first kappa shape index (κ1) is 22.3.